The van der Waals surface area contributed by atoms with Crippen LogP contribution in [0.1, 0.15) is 39.8 Å². The largest absolute Gasteiger partial charge is 0.488 e. The van der Waals surface area contributed by atoms with Gasteiger partial charge in [0.25, 0.3) is 0 Å². The van der Waals surface area contributed by atoms with Gasteiger partial charge in [0.2, 0.25) is 0 Å². The molecule has 0 fully saturated rings. The van der Waals surface area contributed by atoms with Gasteiger partial charge in [-0.3, -0.25) is 9.78 Å². The van der Waals surface area contributed by atoms with Gasteiger partial charge < -0.3 is 25.6 Å². The van der Waals surface area contributed by atoms with Crippen LogP contribution in [0.2, 0.25) is 0 Å². The van der Waals surface area contributed by atoms with E-state index in [0.717, 1.165) is 22.4 Å². The van der Waals surface area contributed by atoms with Crippen molar-refractivity contribution < 1.29 is 19.7 Å². The quantitative estimate of drug-likeness (QED) is 0.175. The number of aromatic nitrogens is 1. The van der Waals surface area contributed by atoms with E-state index in [0.29, 0.717) is 24.4 Å². The Balaban J connectivity index is 1.57. The highest BCUT2D eigenvalue weighted by atomic mass is 16.5. The summed E-state index contributed by atoms with van der Waals surface area (Å²) in [5.41, 5.74) is 8.69. The predicted molar refractivity (Wildman–Crippen MR) is 158 cm³/mol. The van der Waals surface area contributed by atoms with Crippen molar-refractivity contribution in [3.05, 3.63) is 113 Å². The molecule has 0 saturated heterocycles. The first kappa shape index (κ1) is 29.3. The average molecular weight is 551 g/mol. The second-order valence-electron chi connectivity index (χ2n) is 9.92. The summed E-state index contributed by atoms with van der Waals surface area (Å²) in [5.74, 6) is -0.380. The van der Waals surface area contributed by atoms with Crippen molar-refractivity contribution in [2.45, 2.75) is 46.0 Å². The SMILES string of the molecule is Cc1cc(CN[C@@H](CO)CC(=O)O)c(OCc2cncc(C#N)c2)cc1NCc1cccc(-c2ccccc2)c1C. The maximum Gasteiger partial charge on any atom is 0.305 e. The lowest BCUT2D eigenvalue weighted by Gasteiger charge is -2.20. The molecule has 0 spiro atoms. The lowest BCUT2D eigenvalue weighted by Crippen LogP contribution is -2.34. The number of rotatable bonds is 13. The van der Waals surface area contributed by atoms with Gasteiger partial charge in [0.15, 0.2) is 0 Å². The van der Waals surface area contributed by atoms with Crippen LogP contribution in [-0.4, -0.2) is 33.8 Å². The summed E-state index contributed by atoms with van der Waals surface area (Å²) >= 11 is 0. The highest BCUT2D eigenvalue weighted by Crippen LogP contribution is 2.30. The van der Waals surface area contributed by atoms with Crippen molar-refractivity contribution in [1.82, 2.24) is 10.3 Å². The van der Waals surface area contributed by atoms with Crippen LogP contribution in [-0.2, 0) is 24.5 Å². The third kappa shape index (κ3) is 7.92. The van der Waals surface area contributed by atoms with E-state index in [1.54, 1.807) is 12.3 Å². The van der Waals surface area contributed by atoms with Crippen LogP contribution in [0.5, 0.6) is 5.75 Å². The summed E-state index contributed by atoms with van der Waals surface area (Å²) in [6, 6.07) is 23.8. The van der Waals surface area contributed by atoms with E-state index in [-0.39, 0.29) is 19.6 Å². The van der Waals surface area contributed by atoms with Crippen molar-refractivity contribution in [3.63, 3.8) is 0 Å². The number of aryl methyl sites for hydroxylation is 1. The summed E-state index contributed by atoms with van der Waals surface area (Å²) < 4.78 is 6.21. The monoisotopic (exact) mass is 550 g/mol. The molecular formula is C33H34N4O4. The fraction of sp³-hybridized carbons (Fsp3) is 0.242. The Labute approximate surface area is 240 Å². The van der Waals surface area contributed by atoms with E-state index in [4.69, 9.17) is 9.84 Å². The van der Waals surface area contributed by atoms with Crippen LogP contribution < -0.4 is 15.4 Å². The minimum atomic E-state index is -0.986. The van der Waals surface area contributed by atoms with Crippen LogP contribution in [0.25, 0.3) is 11.1 Å². The van der Waals surface area contributed by atoms with Crippen molar-refractivity contribution in [2.75, 3.05) is 11.9 Å². The van der Waals surface area contributed by atoms with Crippen LogP contribution in [0.3, 0.4) is 0 Å². The van der Waals surface area contributed by atoms with Gasteiger partial charge in [-0.05, 0) is 53.8 Å². The maximum atomic E-state index is 11.2. The Bertz CT molecular complexity index is 1530. The molecule has 3 aromatic carbocycles. The summed E-state index contributed by atoms with van der Waals surface area (Å²) in [5, 5.41) is 34.6. The number of aliphatic hydroxyl groups excluding tert-OH is 1. The Kier molecular flexibility index (Phi) is 10.1. The molecule has 210 valence electrons. The number of aliphatic hydroxyl groups is 1. The number of nitrogens with zero attached hydrogens (tertiary/aromatic N) is 2. The molecule has 8 heteroatoms. The highest BCUT2D eigenvalue weighted by Gasteiger charge is 2.15. The number of hydrogen-bond acceptors (Lipinski definition) is 7. The molecule has 0 unspecified atom stereocenters. The van der Waals surface area contributed by atoms with Gasteiger partial charge in [0.1, 0.15) is 18.4 Å². The Morgan fingerprint density at radius 1 is 1.02 bits per heavy atom. The molecule has 4 rings (SSSR count). The fourth-order valence-electron chi connectivity index (χ4n) is 4.66. The third-order valence-corrected chi connectivity index (χ3v) is 6.95. The standard InChI is InChI=1S/C33H34N4O4/c1-22-11-28(19-36-29(20-38)13-33(39)40)32(41-21-25-12-24(15-34)16-35-17-25)14-31(22)37-18-27-9-6-10-30(23(27)2)26-7-4-3-5-8-26/h3-12,14,16-17,29,36-38H,13,18-21H2,1-2H3,(H,39,40)/t29-/m1/s1. The molecule has 4 N–H and O–H groups in total. The van der Waals surface area contributed by atoms with Crippen LogP contribution in [0.4, 0.5) is 5.69 Å². The number of nitrogens with one attached hydrogen (secondary N) is 2. The number of ether oxygens (including phenoxy) is 1. The van der Waals surface area contributed by atoms with E-state index >= 15 is 0 Å². The fourth-order valence-corrected chi connectivity index (χ4v) is 4.66. The van der Waals surface area contributed by atoms with Gasteiger partial charge in [-0.15, -0.1) is 0 Å². The minimum absolute atomic E-state index is 0.195. The topological polar surface area (TPSA) is 128 Å². The summed E-state index contributed by atoms with van der Waals surface area (Å²) in [6.45, 7) is 4.97. The number of pyridine rings is 1. The van der Waals surface area contributed by atoms with Gasteiger partial charge in [0.05, 0.1) is 18.6 Å². The molecule has 0 radical (unpaired) electrons. The second kappa shape index (κ2) is 14.1. The molecule has 0 aliphatic carbocycles. The molecular weight excluding hydrogens is 516 g/mol. The van der Waals surface area contributed by atoms with E-state index in [2.05, 4.69) is 58.9 Å². The molecule has 41 heavy (non-hydrogen) atoms. The van der Waals surface area contributed by atoms with Crippen molar-refractivity contribution >= 4 is 11.7 Å². The molecule has 0 aliphatic rings. The maximum absolute atomic E-state index is 11.2. The van der Waals surface area contributed by atoms with Gasteiger partial charge in [0, 0.05) is 54.4 Å². The average Bonchev–Trinajstić information content (AvgIpc) is 2.99. The molecule has 0 aliphatic heterocycles. The van der Waals surface area contributed by atoms with Gasteiger partial charge in [-0.2, -0.15) is 5.26 Å². The van der Waals surface area contributed by atoms with Crippen LogP contribution in [0, 0.1) is 25.2 Å². The van der Waals surface area contributed by atoms with Gasteiger partial charge >= 0.3 is 5.97 Å². The molecule has 0 saturated carbocycles. The van der Waals surface area contributed by atoms with Crippen molar-refractivity contribution in [1.29, 1.82) is 5.26 Å². The zero-order valence-corrected chi connectivity index (χ0v) is 23.2. The van der Waals surface area contributed by atoms with Gasteiger partial charge in [-0.25, -0.2) is 0 Å². The number of hydrogen-bond donors (Lipinski definition) is 4. The molecule has 1 heterocycles. The summed E-state index contributed by atoms with van der Waals surface area (Å²) in [6.07, 6.45) is 2.96. The van der Waals surface area contributed by atoms with E-state index in [1.807, 2.05) is 37.3 Å². The molecule has 1 aromatic heterocycles. The molecule has 0 amide bonds. The number of benzene rings is 3. The first-order chi connectivity index (χ1) is 19.9. The smallest absolute Gasteiger partial charge is 0.305 e. The zero-order valence-electron chi connectivity index (χ0n) is 23.2. The normalized spacial score (nSPS) is 11.5. The molecule has 8 nitrogen and oxygen atoms in total. The number of nitriles is 1. The molecule has 0 bridgehead atoms. The van der Waals surface area contributed by atoms with Gasteiger partial charge in [-0.1, -0.05) is 48.5 Å². The van der Waals surface area contributed by atoms with E-state index < -0.39 is 12.0 Å². The van der Waals surface area contributed by atoms with Crippen molar-refractivity contribution in [3.8, 4) is 22.9 Å². The Morgan fingerprint density at radius 2 is 1.83 bits per heavy atom. The zero-order chi connectivity index (χ0) is 29.2. The van der Waals surface area contributed by atoms with E-state index in [1.165, 1.54) is 28.5 Å². The number of carboxylic acids is 1. The van der Waals surface area contributed by atoms with E-state index in [9.17, 15) is 15.2 Å². The number of anilines is 1. The molecule has 1 atom stereocenters. The second-order valence-corrected chi connectivity index (χ2v) is 9.92. The Morgan fingerprint density at radius 3 is 2.56 bits per heavy atom. The summed E-state index contributed by atoms with van der Waals surface area (Å²) in [7, 11) is 0. The third-order valence-electron chi connectivity index (χ3n) is 6.95. The van der Waals surface area contributed by atoms with Crippen LogP contribution in [0.15, 0.2) is 79.1 Å². The number of carbonyl (C=O) groups is 1. The lowest BCUT2D eigenvalue weighted by atomic mass is 9.96. The van der Waals surface area contributed by atoms with Crippen LogP contribution >= 0.6 is 0 Å². The predicted octanol–water partition coefficient (Wildman–Crippen LogP) is 5.35. The Hall–Kier alpha value is -4.71. The first-order valence-electron chi connectivity index (χ1n) is 13.4. The summed E-state index contributed by atoms with van der Waals surface area (Å²) in [4.78, 5) is 15.3. The minimum Gasteiger partial charge on any atom is -0.488 e. The number of aliphatic carboxylic acids is 1. The molecule has 4 aromatic rings. The highest BCUT2D eigenvalue weighted by molar-refractivity contribution is 5.69. The van der Waals surface area contributed by atoms with Crippen molar-refractivity contribution in [2.24, 2.45) is 0 Å². The lowest BCUT2D eigenvalue weighted by molar-refractivity contribution is -0.137. The number of carboxylic acid groups (broad SMARTS) is 1. The first-order valence-corrected chi connectivity index (χ1v) is 13.4.